The van der Waals surface area contributed by atoms with Crippen LogP contribution in [0.15, 0.2) is 12.8 Å². The van der Waals surface area contributed by atoms with Crippen molar-refractivity contribution >= 4 is 6.20 Å². The fourth-order valence-electron chi connectivity index (χ4n) is 0.533. The monoisotopic (exact) mass is 161 g/mol. The molecular weight excluding hydrogens is 157 g/mol. The molecule has 0 N–H and O–H groups in total. The Balaban J connectivity index is 2.98. The first-order chi connectivity index (χ1) is 5.04. The lowest BCUT2D eigenvalue weighted by Gasteiger charge is -1.98. The maximum atomic E-state index is 11.8. The second kappa shape index (κ2) is 2.41. The smallest absolute Gasteiger partial charge is 0.248 e. The molecule has 0 aromatic carbocycles. The normalized spacial score (nSPS) is 11.5. The summed E-state index contributed by atoms with van der Waals surface area (Å²) in [6.07, 6.45) is -2.20. The molecule has 5 heteroatoms. The first-order valence-corrected chi connectivity index (χ1v) is 2.70. The van der Waals surface area contributed by atoms with E-state index in [0.29, 0.717) is 0 Å². The van der Waals surface area contributed by atoms with Crippen LogP contribution in [0.3, 0.4) is 0 Å². The zero-order valence-electron chi connectivity index (χ0n) is 5.39. The fourth-order valence-corrected chi connectivity index (χ4v) is 0.533. The molecule has 1 aromatic rings. The van der Waals surface area contributed by atoms with Gasteiger partial charge in [0.15, 0.2) is 5.69 Å². The summed E-state index contributed by atoms with van der Waals surface area (Å²) in [6, 6.07) is 1.95. The third-order valence-electron chi connectivity index (χ3n) is 1.00. The van der Waals surface area contributed by atoms with Crippen LogP contribution < -0.4 is 0 Å². The van der Waals surface area contributed by atoms with Crippen molar-refractivity contribution in [2.75, 3.05) is 0 Å². The van der Waals surface area contributed by atoms with Crippen LogP contribution in [0.2, 0.25) is 0 Å². The topological polar surface area (TPSA) is 17.8 Å². The minimum Gasteiger partial charge on any atom is -0.248 e. The van der Waals surface area contributed by atoms with Crippen molar-refractivity contribution in [2.24, 2.45) is 0 Å². The minimum atomic E-state index is -4.42. The third kappa shape index (κ3) is 1.60. The SMILES string of the molecule is C=Cn1c[c]c(C(F)(F)F)n1. The Kier molecular flexibility index (Phi) is 1.72. The van der Waals surface area contributed by atoms with E-state index in [0.717, 1.165) is 17.1 Å². The number of hydrogen-bond acceptors (Lipinski definition) is 1. The Morgan fingerprint density at radius 3 is 2.55 bits per heavy atom. The number of hydrogen-bond donors (Lipinski definition) is 0. The predicted octanol–water partition coefficient (Wildman–Crippen LogP) is 1.80. The van der Waals surface area contributed by atoms with Crippen LogP contribution in [0, 0.1) is 6.07 Å². The molecule has 0 aliphatic rings. The zero-order chi connectivity index (χ0) is 8.48. The number of halogens is 3. The summed E-state index contributed by atoms with van der Waals surface area (Å²) in [4.78, 5) is 0. The van der Waals surface area contributed by atoms with Gasteiger partial charge in [-0.3, -0.25) is 0 Å². The standard InChI is InChI=1S/C6H4F3N2/c1-2-11-4-3-5(10-11)6(7,8)9/h2,4H,1H2. The molecule has 0 bridgehead atoms. The predicted molar refractivity (Wildman–Crippen MR) is 32.5 cm³/mol. The number of nitrogens with zero attached hydrogens (tertiary/aromatic N) is 2. The number of aromatic nitrogens is 2. The maximum absolute atomic E-state index is 11.8. The summed E-state index contributed by atoms with van der Waals surface area (Å²) >= 11 is 0. The van der Waals surface area contributed by atoms with Gasteiger partial charge in [-0.2, -0.15) is 18.3 Å². The number of alkyl halides is 3. The molecular formula is C6H4F3N2. The fraction of sp³-hybridized carbons (Fsp3) is 0.167. The summed E-state index contributed by atoms with van der Waals surface area (Å²) in [6.45, 7) is 3.24. The van der Waals surface area contributed by atoms with Gasteiger partial charge >= 0.3 is 6.18 Å². The molecule has 59 valence electrons. The highest BCUT2D eigenvalue weighted by Gasteiger charge is 2.33. The van der Waals surface area contributed by atoms with Crippen molar-refractivity contribution in [1.29, 1.82) is 0 Å². The van der Waals surface area contributed by atoms with E-state index in [1.165, 1.54) is 0 Å². The molecule has 0 aliphatic carbocycles. The van der Waals surface area contributed by atoms with E-state index in [1.807, 2.05) is 6.07 Å². The van der Waals surface area contributed by atoms with Crippen LogP contribution in [-0.2, 0) is 6.18 Å². The molecule has 0 spiro atoms. The number of rotatable bonds is 1. The highest BCUT2D eigenvalue weighted by Crippen LogP contribution is 2.26. The molecule has 1 heterocycles. The molecule has 0 saturated heterocycles. The zero-order valence-corrected chi connectivity index (χ0v) is 5.39. The van der Waals surface area contributed by atoms with E-state index < -0.39 is 11.9 Å². The molecule has 0 saturated carbocycles. The summed E-state index contributed by atoms with van der Waals surface area (Å²) in [5.74, 6) is 0. The molecule has 1 radical (unpaired) electrons. The molecule has 1 aromatic heterocycles. The van der Waals surface area contributed by atoms with E-state index in [4.69, 9.17) is 0 Å². The lowest BCUT2D eigenvalue weighted by atomic mass is 10.4. The third-order valence-corrected chi connectivity index (χ3v) is 1.00. The summed E-state index contributed by atoms with van der Waals surface area (Å²) in [5, 5.41) is 3.12. The van der Waals surface area contributed by atoms with Crippen molar-refractivity contribution in [3.63, 3.8) is 0 Å². The quantitative estimate of drug-likeness (QED) is 0.614. The van der Waals surface area contributed by atoms with Gasteiger partial charge < -0.3 is 0 Å². The van der Waals surface area contributed by atoms with Crippen molar-refractivity contribution in [3.8, 4) is 0 Å². The van der Waals surface area contributed by atoms with Gasteiger partial charge in [-0.15, -0.1) is 0 Å². The largest absolute Gasteiger partial charge is 0.435 e. The van der Waals surface area contributed by atoms with E-state index in [-0.39, 0.29) is 0 Å². The lowest BCUT2D eigenvalue weighted by Crippen LogP contribution is -2.06. The molecule has 1 rings (SSSR count). The Morgan fingerprint density at radius 1 is 1.64 bits per heavy atom. The molecule has 2 nitrogen and oxygen atoms in total. The van der Waals surface area contributed by atoms with Gasteiger partial charge in [-0.05, 0) is 0 Å². The van der Waals surface area contributed by atoms with Gasteiger partial charge in [-0.1, -0.05) is 6.58 Å². The highest BCUT2D eigenvalue weighted by atomic mass is 19.4. The van der Waals surface area contributed by atoms with Crippen LogP contribution in [0.25, 0.3) is 6.20 Å². The van der Waals surface area contributed by atoms with Gasteiger partial charge in [-0.25, -0.2) is 4.68 Å². The Hall–Kier alpha value is -1.26. The second-order valence-corrected chi connectivity index (χ2v) is 1.78. The first-order valence-electron chi connectivity index (χ1n) is 2.70. The van der Waals surface area contributed by atoms with Gasteiger partial charge in [0.2, 0.25) is 0 Å². The van der Waals surface area contributed by atoms with E-state index >= 15 is 0 Å². The summed E-state index contributed by atoms with van der Waals surface area (Å²) in [5.41, 5.74) is -1.03. The summed E-state index contributed by atoms with van der Waals surface area (Å²) < 4.78 is 36.3. The van der Waals surface area contributed by atoms with Crippen molar-refractivity contribution in [2.45, 2.75) is 6.18 Å². The van der Waals surface area contributed by atoms with Crippen LogP contribution in [0.4, 0.5) is 13.2 Å². The van der Waals surface area contributed by atoms with Gasteiger partial charge in [0.1, 0.15) is 0 Å². The molecule has 11 heavy (non-hydrogen) atoms. The van der Waals surface area contributed by atoms with Gasteiger partial charge in [0.05, 0.1) is 0 Å². The highest BCUT2D eigenvalue weighted by molar-refractivity contribution is 5.15. The molecule has 0 aliphatic heterocycles. The van der Waals surface area contributed by atoms with Crippen molar-refractivity contribution in [1.82, 2.24) is 9.78 Å². The second-order valence-electron chi connectivity index (χ2n) is 1.78. The van der Waals surface area contributed by atoms with Crippen LogP contribution in [0.1, 0.15) is 5.69 Å². The average molecular weight is 161 g/mol. The first kappa shape index (κ1) is 7.84. The van der Waals surface area contributed by atoms with E-state index in [9.17, 15) is 13.2 Å². The average Bonchev–Trinajstić information content (AvgIpc) is 2.32. The Labute approximate surface area is 60.9 Å². The molecule has 0 atom stereocenters. The van der Waals surface area contributed by atoms with E-state index in [1.54, 1.807) is 0 Å². The minimum absolute atomic E-state index is 0.947. The lowest BCUT2D eigenvalue weighted by molar-refractivity contribution is -0.141. The van der Waals surface area contributed by atoms with E-state index in [2.05, 4.69) is 11.7 Å². The van der Waals surface area contributed by atoms with Crippen LogP contribution in [-0.4, -0.2) is 9.78 Å². The van der Waals surface area contributed by atoms with Crippen LogP contribution in [0.5, 0.6) is 0 Å². The maximum Gasteiger partial charge on any atom is 0.435 e. The molecule has 0 unspecified atom stereocenters. The molecule has 0 amide bonds. The molecule has 0 fully saturated rings. The van der Waals surface area contributed by atoms with Gasteiger partial charge in [0.25, 0.3) is 0 Å². The van der Waals surface area contributed by atoms with Gasteiger partial charge in [0, 0.05) is 18.5 Å². The Morgan fingerprint density at radius 2 is 2.27 bits per heavy atom. The summed E-state index contributed by atoms with van der Waals surface area (Å²) in [7, 11) is 0. The van der Waals surface area contributed by atoms with Crippen LogP contribution >= 0.6 is 0 Å². The van der Waals surface area contributed by atoms with Crippen molar-refractivity contribution in [3.05, 3.63) is 24.5 Å². The van der Waals surface area contributed by atoms with Crippen molar-refractivity contribution < 1.29 is 13.2 Å². The Bertz CT molecular complexity index is 261.